The van der Waals surface area contributed by atoms with Crippen LogP contribution in [0.25, 0.3) is 4.96 Å². The second-order valence-electron chi connectivity index (χ2n) is 4.36. The highest BCUT2D eigenvalue weighted by molar-refractivity contribution is 7.92. The smallest absolute Gasteiger partial charge is 0.281 e. The molecule has 9 heteroatoms. The van der Waals surface area contributed by atoms with Crippen molar-refractivity contribution >= 4 is 37.8 Å². The van der Waals surface area contributed by atoms with Crippen molar-refractivity contribution in [3.8, 4) is 0 Å². The number of aryl methyl sites for hydroxylation is 1. The molecule has 0 aliphatic heterocycles. The zero-order chi connectivity index (χ0) is 15.0. The Morgan fingerprint density at radius 3 is 2.90 bits per heavy atom. The quantitative estimate of drug-likeness (QED) is 0.766. The Kier molecular flexibility index (Phi) is 3.30. The summed E-state index contributed by atoms with van der Waals surface area (Å²) in [4.78, 5) is 8.92. The molecule has 0 aliphatic rings. The maximum absolute atomic E-state index is 12.6. The fraction of sp³-hybridized carbons (Fsp3) is 0.167. The first-order valence-electron chi connectivity index (χ1n) is 6.10. The van der Waals surface area contributed by atoms with Gasteiger partial charge in [-0.2, -0.15) is 8.42 Å². The first-order valence-corrected chi connectivity index (χ1v) is 8.46. The molecular weight excluding hydrogens is 310 g/mol. The standard InChI is InChI=1S/C12H13N5O2S2/c1-8-7-9(3-4-14-8)16-21(18,19)11-10(13-2)15-12-17(11)5-6-20-12/h3-7,13H,1-2H3,(H,14,16). The first-order chi connectivity index (χ1) is 10.0. The van der Waals surface area contributed by atoms with Gasteiger partial charge in [-0.1, -0.05) is 0 Å². The van der Waals surface area contributed by atoms with E-state index >= 15 is 0 Å². The molecule has 0 saturated heterocycles. The Bertz CT molecular complexity index is 897. The molecule has 0 bridgehead atoms. The van der Waals surface area contributed by atoms with E-state index in [2.05, 4.69) is 20.0 Å². The summed E-state index contributed by atoms with van der Waals surface area (Å²) in [5, 5.41) is 4.70. The Morgan fingerprint density at radius 2 is 2.19 bits per heavy atom. The molecule has 3 aromatic heterocycles. The maximum Gasteiger partial charge on any atom is 0.281 e. The number of rotatable bonds is 4. The van der Waals surface area contributed by atoms with Crippen LogP contribution in [0.3, 0.4) is 0 Å². The average molecular weight is 323 g/mol. The first kappa shape index (κ1) is 13.8. The van der Waals surface area contributed by atoms with E-state index in [0.29, 0.717) is 16.5 Å². The molecule has 21 heavy (non-hydrogen) atoms. The molecule has 0 atom stereocenters. The van der Waals surface area contributed by atoms with E-state index in [1.807, 2.05) is 0 Å². The number of pyridine rings is 1. The van der Waals surface area contributed by atoms with Crippen molar-refractivity contribution in [3.63, 3.8) is 0 Å². The summed E-state index contributed by atoms with van der Waals surface area (Å²) in [7, 11) is -2.12. The summed E-state index contributed by atoms with van der Waals surface area (Å²) in [5.41, 5.74) is 1.20. The van der Waals surface area contributed by atoms with Crippen molar-refractivity contribution in [2.45, 2.75) is 11.9 Å². The van der Waals surface area contributed by atoms with Gasteiger partial charge in [-0.15, -0.1) is 11.3 Å². The lowest BCUT2D eigenvalue weighted by molar-refractivity contribution is 0.597. The summed E-state index contributed by atoms with van der Waals surface area (Å²) in [6, 6.07) is 3.28. The molecule has 110 valence electrons. The predicted molar refractivity (Wildman–Crippen MR) is 82.4 cm³/mol. The van der Waals surface area contributed by atoms with Crippen molar-refractivity contribution in [1.29, 1.82) is 0 Å². The molecule has 0 saturated carbocycles. The molecule has 2 N–H and O–H groups in total. The van der Waals surface area contributed by atoms with E-state index in [-0.39, 0.29) is 5.03 Å². The monoisotopic (exact) mass is 323 g/mol. The van der Waals surface area contributed by atoms with Crippen LogP contribution in [0, 0.1) is 6.92 Å². The highest BCUT2D eigenvalue weighted by Crippen LogP contribution is 2.27. The van der Waals surface area contributed by atoms with Gasteiger partial charge in [0.15, 0.2) is 10.8 Å². The number of imidazole rings is 1. The Labute approximate surface area is 125 Å². The second-order valence-corrected chi connectivity index (χ2v) is 6.83. The normalized spacial score (nSPS) is 11.7. The molecule has 0 fully saturated rings. The number of fused-ring (bicyclic) bond motifs is 1. The lowest BCUT2D eigenvalue weighted by Gasteiger charge is -2.09. The summed E-state index contributed by atoms with van der Waals surface area (Å²) < 4.78 is 29.4. The van der Waals surface area contributed by atoms with Crippen LogP contribution in [0.4, 0.5) is 11.5 Å². The molecule has 3 heterocycles. The van der Waals surface area contributed by atoms with E-state index in [9.17, 15) is 8.42 Å². The third kappa shape index (κ3) is 2.45. The number of nitrogens with one attached hydrogen (secondary N) is 2. The molecule has 0 aromatic carbocycles. The molecule has 3 rings (SSSR count). The van der Waals surface area contributed by atoms with Crippen LogP contribution in [0.2, 0.25) is 0 Å². The second kappa shape index (κ2) is 5.01. The Morgan fingerprint density at radius 1 is 1.38 bits per heavy atom. The zero-order valence-electron chi connectivity index (χ0n) is 11.4. The number of sulfonamides is 1. The van der Waals surface area contributed by atoms with E-state index in [0.717, 1.165) is 5.69 Å². The van der Waals surface area contributed by atoms with Crippen molar-refractivity contribution in [1.82, 2.24) is 14.4 Å². The lowest BCUT2D eigenvalue weighted by Crippen LogP contribution is -2.16. The third-order valence-corrected chi connectivity index (χ3v) is 5.02. The molecule has 0 unspecified atom stereocenters. The third-order valence-electron chi connectivity index (χ3n) is 2.86. The SMILES string of the molecule is CNc1nc2sccn2c1S(=O)(=O)Nc1ccnc(C)c1. The number of nitrogens with zero attached hydrogens (tertiary/aromatic N) is 3. The number of hydrogen-bond acceptors (Lipinski definition) is 6. The van der Waals surface area contributed by atoms with Gasteiger partial charge in [0.25, 0.3) is 10.0 Å². The van der Waals surface area contributed by atoms with Crippen LogP contribution in [0.1, 0.15) is 5.69 Å². The summed E-state index contributed by atoms with van der Waals surface area (Å²) in [6.07, 6.45) is 3.24. The van der Waals surface area contributed by atoms with Crippen LogP contribution < -0.4 is 10.0 Å². The largest absolute Gasteiger partial charge is 0.371 e. The minimum Gasteiger partial charge on any atom is -0.371 e. The van der Waals surface area contributed by atoms with Gasteiger partial charge in [-0.05, 0) is 19.1 Å². The van der Waals surface area contributed by atoms with Crippen LogP contribution >= 0.6 is 11.3 Å². The molecule has 3 aromatic rings. The molecule has 0 radical (unpaired) electrons. The molecular formula is C12H13N5O2S2. The highest BCUT2D eigenvalue weighted by atomic mass is 32.2. The van der Waals surface area contributed by atoms with Gasteiger partial charge in [0.1, 0.15) is 0 Å². The minimum atomic E-state index is -3.76. The van der Waals surface area contributed by atoms with Gasteiger partial charge in [0.2, 0.25) is 5.03 Å². The molecule has 0 spiro atoms. The summed E-state index contributed by atoms with van der Waals surface area (Å²) >= 11 is 1.37. The van der Waals surface area contributed by atoms with Crippen LogP contribution in [0.5, 0.6) is 0 Å². The van der Waals surface area contributed by atoms with Crippen LogP contribution in [-0.4, -0.2) is 29.8 Å². The van der Waals surface area contributed by atoms with Gasteiger partial charge in [-0.3, -0.25) is 14.1 Å². The Hall–Kier alpha value is -2.13. The van der Waals surface area contributed by atoms with Gasteiger partial charge in [-0.25, -0.2) is 4.98 Å². The lowest BCUT2D eigenvalue weighted by atomic mass is 10.3. The van der Waals surface area contributed by atoms with Crippen molar-refractivity contribution in [3.05, 3.63) is 35.6 Å². The average Bonchev–Trinajstić information content (AvgIpc) is 2.96. The van der Waals surface area contributed by atoms with Crippen molar-refractivity contribution in [2.24, 2.45) is 0 Å². The van der Waals surface area contributed by atoms with Crippen LogP contribution in [-0.2, 0) is 10.0 Å². The minimum absolute atomic E-state index is 0.0933. The fourth-order valence-electron chi connectivity index (χ4n) is 2.00. The topological polar surface area (TPSA) is 88.4 Å². The van der Waals surface area contributed by atoms with Gasteiger partial charge >= 0.3 is 0 Å². The Balaban J connectivity index is 2.09. The fourth-order valence-corrected chi connectivity index (χ4v) is 4.11. The molecule has 0 amide bonds. The zero-order valence-corrected chi connectivity index (χ0v) is 13.0. The number of aromatic nitrogens is 3. The summed E-state index contributed by atoms with van der Waals surface area (Å²) in [5.74, 6) is 0.320. The van der Waals surface area contributed by atoms with Gasteiger partial charge in [0.05, 0.1) is 5.69 Å². The van der Waals surface area contributed by atoms with E-state index in [1.165, 1.54) is 11.3 Å². The number of thiazole rings is 1. The molecule has 0 aliphatic carbocycles. The van der Waals surface area contributed by atoms with Crippen molar-refractivity contribution < 1.29 is 8.42 Å². The van der Waals surface area contributed by atoms with E-state index < -0.39 is 10.0 Å². The summed E-state index contributed by atoms with van der Waals surface area (Å²) in [6.45, 7) is 1.80. The highest BCUT2D eigenvalue weighted by Gasteiger charge is 2.25. The number of hydrogen-bond donors (Lipinski definition) is 2. The van der Waals surface area contributed by atoms with Gasteiger partial charge in [0, 0.05) is 30.5 Å². The van der Waals surface area contributed by atoms with Crippen molar-refractivity contribution in [2.75, 3.05) is 17.1 Å². The van der Waals surface area contributed by atoms with E-state index in [1.54, 1.807) is 48.3 Å². The molecule has 7 nitrogen and oxygen atoms in total. The predicted octanol–water partition coefficient (Wildman–Crippen LogP) is 1.94. The van der Waals surface area contributed by atoms with E-state index in [4.69, 9.17) is 0 Å². The van der Waals surface area contributed by atoms with Crippen LogP contribution in [0.15, 0.2) is 34.9 Å². The maximum atomic E-state index is 12.6. The number of anilines is 2. The van der Waals surface area contributed by atoms with Gasteiger partial charge < -0.3 is 5.32 Å².